The van der Waals surface area contributed by atoms with E-state index in [1.807, 2.05) is 12.1 Å². The summed E-state index contributed by atoms with van der Waals surface area (Å²) in [7, 11) is 1.79. The first-order chi connectivity index (χ1) is 13.2. The molecule has 2 fully saturated rings. The summed E-state index contributed by atoms with van der Waals surface area (Å²) in [5.74, 6) is -1.40. The van der Waals surface area contributed by atoms with E-state index in [1.54, 1.807) is 13.4 Å². The molecule has 10 heteroatoms. The Morgan fingerprint density at radius 3 is 2.54 bits per heavy atom. The number of hydrogen-bond acceptors (Lipinski definition) is 5. The average Bonchev–Trinajstić information content (AvgIpc) is 3.29. The van der Waals surface area contributed by atoms with Crippen LogP contribution in [0.25, 0.3) is 0 Å². The number of methoxy groups -OCH3 is 1. The Labute approximate surface area is 161 Å². The number of rotatable bonds is 4. The van der Waals surface area contributed by atoms with Crippen molar-refractivity contribution in [1.29, 1.82) is 0 Å². The third kappa shape index (κ3) is 5.48. The third-order valence-electron chi connectivity index (χ3n) is 5.16. The Morgan fingerprint density at radius 1 is 1.36 bits per heavy atom. The first kappa shape index (κ1) is 22.2. The average molecular weight is 406 g/mol. The lowest BCUT2D eigenvalue weighted by Gasteiger charge is -2.41. The van der Waals surface area contributed by atoms with Crippen LogP contribution in [-0.2, 0) is 20.7 Å². The van der Waals surface area contributed by atoms with E-state index in [2.05, 4.69) is 16.7 Å². The predicted octanol–water partition coefficient (Wildman–Crippen LogP) is 2.02. The lowest BCUT2D eigenvalue weighted by molar-refractivity contribution is -0.192. The van der Waals surface area contributed by atoms with Gasteiger partial charge in [-0.3, -0.25) is 4.79 Å². The molecule has 158 valence electrons. The number of likely N-dealkylation sites (tertiary alicyclic amines) is 2. The first-order valence-electron chi connectivity index (χ1n) is 9.04. The number of carbonyl (C=O) groups is 2. The van der Waals surface area contributed by atoms with Crippen LogP contribution in [0.4, 0.5) is 13.2 Å². The summed E-state index contributed by atoms with van der Waals surface area (Å²) in [5, 5.41) is 7.12. The molecule has 1 N–H and O–H groups in total. The molecular formula is C18H25F3N2O5. The van der Waals surface area contributed by atoms with Gasteiger partial charge in [0, 0.05) is 32.7 Å². The number of carboxylic acids is 1. The van der Waals surface area contributed by atoms with Crippen LogP contribution in [0.2, 0.25) is 0 Å². The summed E-state index contributed by atoms with van der Waals surface area (Å²) < 4.78 is 42.7. The van der Waals surface area contributed by atoms with Gasteiger partial charge in [0.15, 0.2) is 0 Å². The highest BCUT2D eigenvalue weighted by molar-refractivity contribution is 5.78. The molecule has 1 aromatic heterocycles. The molecule has 2 saturated heterocycles. The standard InChI is InChI=1S/C16H24N2O3.C2HF3O2/c1-3-17-10-13-14(11-17)18(7-6-15(13)20-2)16(19)9-12-5-4-8-21-12;3-2(4,5)1(6)7/h4-5,8,13-15H,3,6-7,9-11H2,1-2H3;(H,6,7)/t13-,14+,15+;/m0./s1. The lowest BCUT2D eigenvalue weighted by Crippen LogP contribution is -2.54. The number of ether oxygens (including phenoxy) is 1. The lowest BCUT2D eigenvalue weighted by atomic mass is 9.88. The Balaban J connectivity index is 0.000000345. The molecule has 1 amide bonds. The van der Waals surface area contributed by atoms with E-state index in [-0.39, 0.29) is 18.1 Å². The van der Waals surface area contributed by atoms with Gasteiger partial charge in [0.1, 0.15) is 5.76 Å². The largest absolute Gasteiger partial charge is 0.490 e. The summed E-state index contributed by atoms with van der Waals surface area (Å²) in [5.41, 5.74) is 0. The highest BCUT2D eigenvalue weighted by Gasteiger charge is 2.45. The van der Waals surface area contributed by atoms with Crippen LogP contribution < -0.4 is 0 Å². The van der Waals surface area contributed by atoms with Crippen LogP contribution in [0.15, 0.2) is 22.8 Å². The maximum Gasteiger partial charge on any atom is 0.490 e. The number of carboxylic acid groups (broad SMARTS) is 1. The van der Waals surface area contributed by atoms with Crippen molar-refractivity contribution in [3.8, 4) is 0 Å². The zero-order valence-corrected chi connectivity index (χ0v) is 15.8. The van der Waals surface area contributed by atoms with Gasteiger partial charge < -0.3 is 24.1 Å². The Bertz CT molecular complexity index is 650. The fourth-order valence-electron chi connectivity index (χ4n) is 3.76. The van der Waals surface area contributed by atoms with E-state index in [1.165, 1.54) is 0 Å². The first-order valence-corrected chi connectivity index (χ1v) is 9.04. The van der Waals surface area contributed by atoms with E-state index < -0.39 is 12.1 Å². The van der Waals surface area contributed by atoms with Crippen LogP contribution in [0.5, 0.6) is 0 Å². The second-order valence-electron chi connectivity index (χ2n) is 6.79. The molecular weight excluding hydrogens is 381 g/mol. The van der Waals surface area contributed by atoms with Crippen molar-refractivity contribution in [2.24, 2.45) is 5.92 Å². The van der Waals surface area contributed by atoms with Gasteiger partial charge in [-0.15, -0.1) is 0 Å². The second kappa shape index (κ2) is 9.42. The molecule has 0 unspecified atom stereocenters. The van der Waals surface area contributed by atoms with Crippen LogP contribution in [0.3, 0.4) is 0 Å². The van der Waals surface area contributed by atoms with E-state index in [0.29, 0.717) is 12.3 Å². The molecule has 3 heterocycles. The minimum absolute atomic E-state index is 0.174. The number of halogens is 3. The number of likely N-dealkylation sites (N-methyl/N-ethyl adjacent to an activating group) is 1. The summed E-state index contributed by atoms with van der Waals surface area (Å²) >= 11 is 0. The molecule has 0 saturated carbocycles. The van der Waals surface area contributed by atoms with Crippen LogP contribution in [0.1, 0.15) is 19.1 Å². The quantitative estimate of drug-likeness (QED) is 0.824. The fraction of sp³-hybridized carbons (Fsp3) is 0.667. The topological polar surface area (TPSA) is 83.2 Å². The zero-order valence-electron chi connectivity index (χ0n) is 15.8. The summed E-state index contributed by atoms with van der Waals surface area (Å²) in [6, 6.07) is 3.98. The zero-order chi connectivity index (χ0) is 20.9. The Morgan fingerprint density at radius 2 is 2.04 bits per heavy atom. The molecule has 3 atom stereocenters. The number of amides is 1. The number of furan rings is 1. The smallest absolute Gasteiger partial charge is 0.475 e. The molecule has 7 nitrogen and oxygen atoms in total. The van der Waals surface area contributed by atoms with Gasteiger partial charge >= 0.3 is 12.1 Å². The number of carbonyl (C=O) groups excluding carboxylic acids is 1. The second-order valence-corrected chi connectivity index (χ2v) is 6.79. The highest BCUT2D eigenvalue weighted by Crippen LogP contribution is 2.32. The molecule has 2 aliphatic heterocycles. The minimum Gasteiger partial charge on any atom is -0.475 e. The number of hydrogen-bond donors (Lipinski definition) is 1. The van der Waals surface area contributed by atoms with Crippen molar-refractivity contribution < 1.29 is 37.0 Å². The monoisotopic (exact) mass is 406 g/mol. The van der Waals surface area contributed by atoms with E-state index in [4.69, 9.17) is 19.1 Å². The molecule has 0 bridgehead atoms. The van der Waals surface area contributed by atoms with Crippen molar-refractivity contribution in [1.82, 2.24) is 9.80 Å². The van der Waals surface area contributed by atoms with Gasteiger partial charge in [-0.25, -0.2) is 4.79 Å². The van der Waals surface area contributed by atoms with Gasteiger partial charge in [-0.2, -0.15) is 13.2 Å². The normalized spacial score (nSPS) is 25.0. The summed E-state index contributed by atoms with van der Waals surface area (Å²) in [6.45, 7) is 5.99. The molecule has 0 aromatic carbocycles. The van der Waals surface area contributed by atoms with E-state index in [9.17, 15) is 18.0 Å². The maximum absolute atomic E-state index is 12.6. The van der Waals surface area contributed by atoms with Gasteiger partial charge in [0.25, 0.3) is 0 Å². The Kier molecular flexibility index (Phi) is 7.48. The maximum atomic E-state index is 12.6. The number of piperidine rings is 1. The number of alkyl halides is 3. The predicted molar refractivity (Wildman–Crippen MR) is 92.6 cm³/mol. The van der Waals surface area contributed by atoms with Crippen molar-refractivity contribution in [2.45, 2.75) is 38.1 Å². The van der Waals surface area contributed by atoms with Crippen LogP contribution in [-0.4, -0.2) is 78.4 Å². The summed E-state index contributed by atoms with van der Waals surface area (Å²) in [4.78, 5) is 26.0. The van der Waals surface area contributed by atoms with Crippen molar-refractivity contribution >= 4 is 11.9 Å². The molecule has 0 spiro atoms. The molecule has 3 rings (SSSR count). The third-order valence-corrected chi connectivity index (χ3v) is 5.16. The number of nitrogens with zero attached hydrogens (tertiary/aromatic N) is 2. The fourth-order valence-corrected chi connectivity index (χ4v) is 3.76. The van der Waals surface area contributed by atoms with Crippen molar-refractivity contribution in [3.05, 3.63) is 24.2 Å². The van der Waals surface area contributed by atoms with E-state index in [0.717, 1.165) is 38.4 Å². The van der Waals surface area contributed by atoms with Crippen molar-refractivity contribution in [2.75, 3.05) is 33.3 Å². The molecule has 0 aliphatic carbocycles. The molecule has 28 heavy (non-hydrogen) atoms. The van der Waals surface area contributed by atoms with Crippen LogP contribution >= 0.6 is 0 Å². The Hall–Kier alpha value is -2.07. The van der Waals surface area contributed by atoms with Gasteiger partial charge in [0.2, 0.25) is 5.91 Å². The molecule has 0 radical (unpaired) electrons. The van der Waals surface area contributed by atoms with Crippen LogP contribution in [0, 0.1) is 5.92 Å². The highest BCUT2D eigenvalue weighted by atomic mass is 19.4. The number of aliphatic carboxylic acids is 1. The molecule has 2 aliphatic rings. The number of fused-ring (bicyclic) bond motifs is 1. The van der Waals surface area contributed by atoms with Gasteiger partial charge in [0.05, 0.1) is 24.8 Å². The SMILES string of the molecule is CCN1C[C@H]2[C@@H](C1)N(C(=O)Cc1ccco1)CC[C@H]2OC.O=C(O)C(F)(F)F. The summed E-state index contributed by atoms with van der Waals surface area (Å²) in [6.07, 6.45) is -1.89. The minimum atomic E-state index is -5.08. The van der Waals surface area contributed by atoms with Gasteiger partial charge in [-0.05, 0) is 25.1 Å². The van der Waals surface area contributed by atoms with E-state index >= 15 is 0 Å². The van der Waals surface area contributed by atoms with Gasteiger partial charge in [-0.1, -0.05) is 6.92 Å². The molecule has 1 aromatic rings. The van der Waals surface area contributed by atoms with Crippen molar-refractivity contribution in [3.63, 3.8) is 0 Å².